The van der Waals surface area contributed by atoms with Crippen LogP contribution in [0.15, 0.2) is 48.5 Å². The lowest BCUT2D eigenvalue weighted by Crippen LogP contribution is -1.97. The van der Waals surface area contributed by atoms with Crippen LogP contribution in [0.4, 0.5) is 0 Å². The summed E-state index contributed by atoms with van der Waals surface area (Å²) >= 11 is 0. The molecule has 0 aliphatic rings. The third-order valence-electron chi connectivity index (χ3n) is 3.24. The first-order valence-electron chi connectivity index (χ1n) is 6.94. The van der Waals surface area contributed by atoms with Crippen LogP contribution in [0.5, 0.6) is 5.75 Å². The molecule has 0 N–H and O–H groups in total. The molecular weight excluding hydrogens is 264 g/mol. The number of rotatable bonds is 7. The quantitative estimate of drug-likeness (QED) is 0.575. The zero-order chi connectivity index (χ0) is 15.1. The number of hydrogen-bond donors (Lipinski definition) is 0. The van der Waals surface area contributed by atoms with Gasteiger partial charge in [-0.25, -0.2) is 0 Å². The van der Waals surface area contributed by atoms with Gasteiger partial charge in [-0.05, 0) is 36.6 Å². The van der Waals surface area contributed by atoms with Gasteiger partial charge in [-0.3, -0.25) is 4.79 Å². The average Bonchev–Trinajstić information content (AvgIpc) is 2.52. The van der Waals surface area contributed by atoms with Gasteiger partial charge in [0, 0.05) is 12.0 Å². The Balaban J connectivity index is 1.90. The fourth-order valence-corrected chi connectivity index (χ4v) is 1.98. The number of benzene rings is 2. The molecule has 21 heavy (non-hydrogen) atoms. The highest BCUT2D eigenvalue weighted by Gasteiger charge is 2.00. The predicted molar refractivity (Wildman–Crippen MR) is 81.6 cm³/mol. The summed E-state index contributed by atoms with van der Waals surface area (Å²) in [5.74, 6) is 0.855. The highest BCUT2D eigenvalue weighted by Crippen LogP contribution is 2.15. The van der Waals surface area contributed by atoms with E-state index in [2.05, 4.69) is 0 Å². The molecule has 0 saturated carbocycles. The third-order valence-corrected chi connectivity index (χ3v) is 3.24. The number of ketones is 1. The first kappa shape index (κ1) is 15.0. The fourth-order valence-electron chi connectivity index (χ4n) is 1.98. The molecule has 2 aromatic rings. The average molecular weight is 282 g/mol. The van der Waals surface area contributed by atoms with Gasteiger partial charge in [0.05, 0.1) is 0 Å². The van der Waals surface area contributed by atoms with Crippen molar-refractivity contribution in [3.63, 3.8) is 0 Å². The van der Waals surface area contributed by atoms with E-state index in [4.69, 9.17) is 4.74 Å². The van der Waals surface area contributed by atoms with E-state index in [9.17, 15) is 9.59 Å². The Morgan fingerprint density at radius 1 is 1.00 bits per heavy atom. The molecule has 0 spiro atoms. The summed E-state index contributed by atoms with van der Waals surface area (Å²) in [6, 6.07) is 15.2. The second-order valence-corrected chi connectivity index (χ2v) is 4.89. The summed E-state index contributed by atoms with van der Waals surface area (Å²) in [6.45, 7) is 2.02. The van der Waals surface area contributed by atoms with Crippen molar-refractivity contribution in [2.45, 2.75) is 26.4 Å². The van der Waals surface area contributed by atoms with Crippen molar-refractivity contribution in [2.24, 2.45) is 0 Å². The molecule has 108 valence electrons. The molecule has 0 heterocycles. The van der Waals surface area contributed by atoms with Crippen LogP contribution in [0.3, 0.4) is 0 Å². The molecule has 0 amide bonds. The number of carbonyl (C=O) groups excluding carboxylic acids is 2. The molecule has 0 radical (unpaired) electrons. The van der Waals surface area contributed by atoms with Crippen molar-refractivity contribution >= 4 is 12.1 Å². The normalized spacial score (nSPS) is 10.1. The molecular formula is C18H18O3. The van der Waals surface area contributed by atoms with Crippen LogP contribution in [0.25, 0.3) is 0 Å². The van der Waals surface area contributed by atoms with Gasteiger partial charge in [-0.2, -0.15) is 0 Å². The Labute approximate surface area is 124 Å². The molecule has 2 rings (SSSR count). The predicted octanol–water partition coefficient (Wildman–Crippen LogP) is 3.60. The zero-order valence-corrected chi connectivity index (χ0v) is 12.0. The molecule has 0 aliphatic heterocycles. The van der Waals surface area contributed by atoms with Crippen LogP contribution in [-0.2, 0) is 17.8 Å². The van der Waals surface area contributed by atoms with Gasteiger partial charge in [0.2, 0.25) is 0 Å². The summed E-state index contributed by atoms with van der Waals surface area (Å²) in [5.41, 5.74) is 2.85. The van der Waals surface area contributed by atoms with Crippen molar-refractivity contribution in [2.75, 3.05) is 0 Å². The van der Waals surface area contributed by atoms with Gasteiger partial charge in [0.25, 0.3) is 0 Å². The smallest absolute Gasteiger partial charge is 0.159 e. The number of aldehydes is 1. The maximum Gasteiger partial charge on any atom is 0.159 e. The minimum atomic E-state index is 0.0633. The first-order chi connectivity index (χ1) is 10.2. The van der Waals surface area contributed by atoms with E-state index in [-0.39, 0.29) is 5.78 Å². The molecule has 0 fully saturated rings. The molecule has 0 aliphatic carbocycles. The van der Waals surface area contributed by atoms with Crippen molar-refractivity contribution in [3.8, 4) is 5.75 Å². The van der Waals surface area contributed by atoms with Gasteiger partial charge in [-0.15, -0.1) is 0 Å². The van der Waals surface area contributed by atoms with E-state index in [0.717, 1.165) is 29.6 Å². The topological polar surface area (TPSA) is 43.4 Å². The maximum absolute atomic E-state index is 11.2. The Hall–Kier alpha value is -2.42. The van der Waals surface area contributed by atoms with Crippen LogP contribution in [-0.4, -0.2) is 12.1 Å². The molecule has 0 atom stereocenters. The Morgan fingerprint density at radius 3 is 2.19 bits per heavy atom. The van der Waals surface area contributed by atoms with Gasteiger partial charge in [0.15, 0.2) is 5.78 Å². The van der Waals surface area contributed by atoms with Crippen molar-refractivity contribution in [1.82, 2.24) is 0 Å². The first-order valence-corrected chi connectivity index (χ1v) is 6.94. The Morgan fingerprint density at radius 2 is 1.62 bits per heavy atom. The minimum absolute atomic E-state index is 0.0633. The zero-order valence-electron chi connectivity index (χ0n) is 12.0. The molecule has 3 heteroatoms. The third kappa shape index (κ3) is 4.56. The van der Waals surface area contributed by atoms with Crippen molar-refractivity contribution in [1.29, 1.82) is 0 Å². The molecule has 0 bridgehead atoms. The minimum Gasteiger partial charge on any atom is -0.489 e. The van der Waals surface area contributed by atoms with Crippen LogP contribution < -0.4 is 4.74 Å². The number of carbonyl (C=O) groups is 2. The lowest BCUT2D eigenvalue weighted by atomic mass is 10.1. The maximum atomic E-state index is 11.2. The van der Waals surface area contributed by atoms with Crippen molar-refractivity contribution in [3.05, 3.63) is 65.2 Å². The second-order valence-electron chi connectivity index (χ2n) is 4.89. The SMILES string of the molecule is CC(=O)c1ccc(COc2ccc(CCC=O)cc2)cc1. The second kappa shape index (κ2) is 7.39. The summed E-state index contributed by atoms with van der Waals surface area (Å²) in [7, 11) is 0. The van der Waals surface area contributed by atoms with Crippen LogP contribution in [0, 0.1) is 0 Å². The Bertz CT molecular complexity index is 597. The van der Waals surface area contributed by atoms with Gasteiger partial charge >= 0.3 is 0 Å². The monoisotopic (exact) mass is 282 g/mol. The standard InChI is InChI=1S/C18H18O3/c1-14(20)17-8-4-16(5-9-17)13-21-18-10-6-15(7-11-18)3-2-12-19/h4-12H,2-3,13H2,1H3. The van der Waals surface area contributed by atoms with Gasteiger partial charge in [-0.1, -0.05) is 36.4 Å². The Kier molecular flexibility index (Phi) is 5.27. The van der Waals surface area contributed by atoms with E-state index in [1.807, 2.05) is 48.5 Å². The molecule has 0 unspecified atom stereocenters. The molecule has 3 nitrogen and oxygen atoms in total. The van der Waals surface area contributed by atoms with E-state index in [1.54, 1.807) is 6.92 Å². The molecule has 0 aromatic heterocycles. The van der Waals surface area contributed by atoms with Gasteiger partial charge in [0.1, 0.15) is 18.6 Å². The summed E-state index contributed by atoms with van der Waals surface area (Å²) in [5, 5.41) is 0. The van der Waals surface area contributed by atoms with E-state index < -0.39 is 0 Å². The fraction of sp³-hybridized carbons (Fsp3) is 0.222. The van der Waals surface area contributed by atoms with Gasteiger partial charge < -0.3 is 9.53 Å². The summed E-state index contributed by atoms with van der Waals surface area (Å²) in [6.07, 6.45) is 2.23. The summed E-state index contributed by atoms with van der Waals surface area (Å²) < 4.78 is 5.70. The lowest BCUT2D eigenvalue weighted by molar-refractivity contribution is -0.107. The van der Waals surface area contributed by atoms with Crippen molar-refractivity contribution < 1.29 is 14.3 Å². The highest BCUT2D eigenvalue weighted by molar-refractivity contribution is 5.93. The number of ether oxygens (including phenoxy) is 1. The number of aryl methyl sites for hydroxylation is 1. The molecule has 2 aromatic carbocycles. The van der Waals surface area contributed by atoms with Crippen LogP contribution >= 0.6 is 0 Å². The lowest BCUT2D eigenvalue weighted by Gasteiger charge is -2.07. The van der Waals surface area contributed by atoms with Crippen LogP contribution in [0.2, 0.25) is 0 Å². The van der Waals surface area contributed by atoms with E-state index in [1.165, 1.54) is 0 Å². The largest absolute Gasteiger partial charge is 0.489 e. The summed E-state index contributed by atoms with van der Waals surface area (Å²) in [4.78, 5) is 21.5. The van der Waals surface area contributed by atoms with E-state index in [0.29, 0.717) is 18.6 Å². The number of Topliss-reactive ketones (excluding diaryl/α,β-unsaturated/α-hetero) is 1. The van der Waals surface area contributed by atoms with E-state index >= 15 is 0 Å². The highest BCUT2D eigenvalue weighted by atomic mass is 16.5. The number of hydrogen-bond acceptors (Lipinski definition) is 3. The molecule has 0 saturated heterocycles. The van der Waals surface area contributed by atoms with Crippen LogP contribution in [0.1, 0.15) is 34.8 Å².